The number of nitrogens with one attached hydrogen (secondary N) is 1. The number of esters is 1. The second-order valence-electron chi connectivity index (χ2n) is 7.29. The lowest BCUT2D eigenvalue weighted by Crippen LogP contribution is -2.13. The highest BCUT2D eigenvalue weighted by atomic mass is 16.6. The predicted molar refractivity (Wildman–Crippen MR) is 124 cm³/mol. The Morgan fingerprint density at radius 3 is 2.41 bits per heavy atom. The molecule has 0 saturated carbocycles. The number of nitrogens with zero attached hydrogens (tertiary/aromatic N) is 1. The van der Waals surface area contributed by atoms with Crippen LogP contribution in [-0.2, 0) is 9.53 Å². The number of aryl methyl sites for hydroxylation is 1. The SMILES string of the molecule is COC(=O)COc1cc(-c2ccc(C)cc2)nc2ccc(NC(=O)c3ccccc3)cc12. The summed E-state index contributed by atoms with van der Waals surface area (Å²) >= 11 is 0. The first-order valence-corrected chi connectivity index (χ1v) is 10.1. The molecule has 160 valence electrons. The molecule has 1 N–H and O–H groups in total. The molecule has 0 atom stereocenters. The summed E-state index contributed by atoms with van der Waals surface area (Å²) in [5.41, 5.74) is 4.64. The maximum absolute atomic E-state index is 12.5. The van der Waals surface area contributed by atoms with Gasteiger partial charge in [0.2, 0.25) is 0 Å². The van der Waals surface area contributed by atoms with Crippen LogP contribution >= 0.6 is 0 Å². The first-order chi connectivity index (χ1) is 15.5. The first kappa shape index (κ1) is 21.1. The molecular formula is C26H22N2O4. The Balaban J connectivity index is 1.72. The number of ether oxygens (including phenoxy) is 2. The molecule has 0 aliphatic heterocycles. The number of hydrogen-bond acceptors (Lipinski definition) is 5. The average molecular weight is 426 g/mol. The molecule has 0 aliphatic rings. The topological polar surface area (TPSA) is 77.5 Å². The molecule has 0 unspecified atom stereocenters. The highest BCUT2D eigenvalue weighted by Gasteiger charge is 2.13. The fourth-order valence-corrected chi connectivity index (χ4v) is 3.25. The van der Waals surface area contributed by atoms with Crippen LogP contribution in [-0.4, -0.2) is 30.6 Å². The van der Waals surface area contributed by atoms with E-state index < -0.39 is 5.97 Å². The van der Waals surface area contributed by atoms with E-state index in [0.717, 1.165) is 16.8 Å². The zero-order valence-corrected chi connectivity index (χ0v) is 17.8. The Bertz CT molecular complexity index is 1270. The zero-order valence-electron chi connectivity index (χ0n) is 17.8. The highest BCUT2D eigenvalue weighted by molar-refractivity contribution is 6.05. The largest absolute Gasteiger partial charge is 0.481 e. The van der Waals surface area contributed by atoms with Gasteiger partial charge in [0.25, 0.3) is 5.91 Å². The van der Waals surface area contributed by atoms with Gasteiger partial charge in [-0.05, 0) is 37.3 Å². The van der Waals surface area contributed by atoms with E-state index in [4.69, 9.17) is 14.5 Å². The number of hydrogen-bond donors (Lipinski definition) is 1. The van der Waals surface area contributed by atoms with E-state index in [1.807, 2.05) is 55.5 Å². The van der Waals surface area contributed by atoms with Gasteiger partial charge in [-0.2, -0.15) is 0 Å². The predicted octanol–water partition coefficient (Wildman–Crippen LogP) is 5.01. The number of rotatable bonds is 6. The number of carbonyl (C=O) groups is 2. The molecule has 1 aromatic heterocycles. The maximum atomic E-state index is 12.5. The van der Waals surface area contributed by atoms with Crippen LogP contribution in [0.5, 0.6) is 5.75 Å². The number of aromatic nitrogens is 1. The molecule has 6 nitrogen and oxygen atoms in total. The number of anilines is 1. The normalized spacial score (nSPS) is 10.6. The molecule has 0 spiro atoms. The van der Waals surface area contributed by atoms with E-state index >= 15 is 0 Å². The van der Waals surface area contributed by atoms with Gasteiger partial charge in [-0.25, -0.2) is 9.78 Å². The second-order valence-corrected chi connectivity index (χ2v) is 7.29. The Morgan fingerprint density at radius 2 is 1.69 bits per heavy atom. The van der Waals surface area contributed by atoms with Crippen LogP contribution in [0, 0.1) is 6.92 Å². The molecule has 0 fully saturated rings. The summed E-state index contributed by atoms with van der Waals surface area (Å²) in [5, 5.41) is 3.57. The molecule has 6 heteroatoms. The molecule has 1 amide bonds. The van der Waals surface area contributed by atoms with E-state index in [2.05, 4.69) is 5.32 Å². The molecule has 3 aromatic carbocycles. The lowest BCUT2D eigenvalue weighted by atomic mass is 10.1. The smallest absolute Gasteiger partial charge is 0.343 e. The van der Waals surface area contributed by atoms with Crippen molar-refractivity contribution in [1.82, 2.24) is 4.98 Å². The minimum absolute atomic E-state index is 0.216. The van der Waals surface area contributed by atoms with Crippen LogP contribution < -0.4 is 10.1 Å². The van der Waals surface area contributed by atoms with Crippen molar-refractivity contribution in [2.75, 3.05) is 19.0 Å². The molecule has 0 bridgehead atoms. The first-order valence-electron chi connectivity index (χ1n) is 10.1. The fourth-order valence-electron chi connectivity index (χ4n) is 3.25. The molecule has 1 heterocycles. The monoisotopic (exact) mass is 426 g/mol. The van der Waals surface area contributed by atoms with Crippen LogP contribution in [0.4, 0.5) is 5.69 Å². The van der Waals surface area contributed by atoms with E-state index in [1.54, 1.807) is 30.3 Å². The van der Waals surface area contributed by atoms with Gasteiger partial charge < -0.3 is 14.8 Å². The molecule has 0 radical (unpaired) electrons. The third kappa shape index (κ3) is 4.75. The van der Waals surface area contributed by atoms with Crippen molar-refractivity contribution in [3.05, 3.63) is 90.0 Å². The van der Waals surface area contributed by atoms with Gasteiger partial charge in [0.05, 0.1) is 18.3 Å². The van der Waals surface area contributed by atoms with Crippen LogP contribution in [0.2, 0.25) is 0 Å². The van der Waals surface area contributed by atoms with Crippen molar-refractivity contribution >= 4 is 28.5 Å². The van der Waals surface area contributed by atoms with Crippen LogP contribution in [0.25, 0.3) is 22.2 Å². The third-order valence-electron chi connectivity index (χ3n) is 4.99. The molecule has 0 aliphatic carbocycles. The van der Waals surface area contributed by atoms with Gasteiger partial charge in [0.15, 0.2) is 6.61 Å². The maximum Gasteiger partial charge on any atom is 0.343 e. The Labute approximate surface area is 185 Å². The average Bonchev–Trinajstić information content (AvgIpc) is 2.83. The van der Waals surface area contributed by atoms with Crippen LogP contribution in [0.3, 0.4) is 0 Å². The van der Waals surface area contributed by atoms with Crippen molar-refractivity contribution in [2.45, 2.75) is 6.92 Å². The van der Waals surface area contributed by atoms with Gasteiger partial charge in [-0.1, -0.05) is 48.0 Å². The number of carbonyl (C=O) groups excluding carboxylic acids is 2. The van der Waals surface area contributed by atoms with Gasteiger partial charge in [-0.15, -0.1) is 0 Å². The molecule has 32 heavy (non-hydrogen) atoms. The summed E-state index contributed by atoms with van der Waals surface area (Å²) in [4.78, 5) is 29.0. The summed E-state index contributed by atoms with van der Waals surface area (Å²) in [6, 6.07) is 24.2. The summed E-state index contributed by atoms with van der Waals surface area (Å²) in [7, 11) is 1.31. The lowest BCUT2D eigenvalue weighted by molar-refractivity contribution is -0.142. The number of benzene rings is 3. The lowest BCUT2D eigenvalue weighted by Gasteiger charge is -2.13. The van der Waals surface area contributed by atoms with Crippen molar-refractivity contribution in [1.29, 1.82) is 0 Å². The fraction of sp³-hybridized carbons (Fsp3) is 0.115. The Kier molecular flexibility index (Phi) is 6.12. The number of amides is 1. The van der Waals surface area contributed by atoms with Crippen molar-refractivity contribution in [2.24, 2.45) is 0 Å². The van der Waals surface area contributed by atoms with E-state index in [0.29, 0.717) is 27.9 Å². The molecular weight excluding hydrogens is 404 g/mol. The standard InChI is InChI=1S/C26H22N2O4/c1-17-8-10-18(11-9-17)23-15-24(32-16-25(29)31-2)21-14-20(12-13-22(21)28-23)27-26(30)19-6-4-3-5-7-19/h3-15H,16H2,1-2H3,(H,27,30). The number of fused-ring (bicyclic) bond motifs is 1. The second kappa shape index (κ2) is 9.31. The van der Waals surface area contributed by atoms with Crippen LogP contribution in [0.15, 0.2) is 78.9 Å². The minimum Gasteiger partial charge on any atom is -0.481 e. The van der Waals surface area contributed by atoms with Crippen molar-refractivity contribution in [3.63, 3.8) is 0 Å². The van der Waals surface area contributed by atoms with E-state index in [9.17, 15) is 9.59 Å². The number of methoxy groups -OCH3 is 1. The van der Waals surface area contributed by atoms with Gasteiger partial charge in [0.1, 0.15) is 5.75 Å². The van der Waals surface area contributed by atoms with Crippen molar-refractivity contribution < 1.29 is 19.1 Å². The minimum atomic E-state index is -0.486. The summed E-state index contributed by atoms with van der Waals surface area (Å²) in [5.74, 6) is -0.224. The quantitative estimate of drug-likeness (QED) is 0.438. The van der Waals surface area contributed by atoms with E-state index in [-0.39, 0.29) is 12.5 Å². The molecule has 4 rings (SSSR count). The van der Waals surface area contributed by atoms with Gasteiger partial charge in [0, 0.05) is 28.3 Å². The Morgan fingerprint density at radius 1 is 0.938 bits per heavy atom. The Hall–Kier alpha value is -4.19. The summed E-state index contributed by atoms with van der Waals surface area (Å²) in [6.45, 7) is 1.79. The third-order valence-corrected chi connectivity index (χ3v) is 4.99. The highest BCUT2D eigenvalue weighted by Crippen LogP contribution is 2.32. The van der Waals surface area contributed by atoms with Crippen molar-refractivity contribution in [3.8, 4) is 17.0 Å². The molecule has 4 aromatic rings. The number of pyridine rings is 1. The summed E-state index contributed by atoms with van der Waals surface area (Å²) < 4.78 is 10.5. The molecule has 0 saturated heterocycles. The van der Waals surface area contributed by atoms with Gasteiger partial charge in [-0.3, -0.25) is 4.79 Å². The van der Waals surface area contributed by atoms with Crippen LogP contribution in [0.1, 0.15) is 15.9 Å². The van der Waals surface area contributed by atoms with E-state index in [1.165, 1.54) is 7.11 Å². The zero-order chi connectivity index (χ0) is 22.5. The van der Waals surface area contributed by atoms with Gasteiger partial charge >= 0.3 is 5.97 Å². The summed E-state index contributed by atoms with van der Waals surface area (Å²) in [6.07, 6.45) is 0.